The summed E-state index contributed by atoms with van der Waals surface area (Å²) in [5.74, 6) is -0.269. The first-order chi connectivity index (χ1) is 7.15. The topological polar surface area (TPSA) is 65.2 Å². The van der Waals surface area contributed by atoms with Crippen LogP contribution in [-0.4, -0.2) is 18.1 Å². The van der Waals surface area contributed by atoms with Gasteiger partial charge in [0.05, 0.1) is 19.1 Å². The van der Waals surface area contributed by atoms with E-state index < -0.39 is 5.54 Å². The van der Waals surface area contributed by atoms with Gasteiger partial charge in [-0.05, 0) is 24.5 Å². The number of nitrogens with two attached hydrogens (primary N) is 1. The second-order valence-corrected chi connectivity index (χ2v) is 3.91. The summed E-state index contributed by atoms with van der Waals surface area (Å²) >= 11 is 0. The first kappa shape index (κ1) is 10.1. The molecule has 1 aliphatic carbocycles. The molecule has 1 atom stereocenters. The van der Waals surface area contributed by atoms with Gasteiger partial charge in [0.1, 0.15) is 0 Å². The molecule has 4 nitrogen and oxygen atoms in total. The molecule has 4 heteroatoms. The summed E-state index contributed by atoms with van der Waals surface area (Å²) in [5.41, 5.74) is 7.61. The van der Waals surface area contributed by atoms with E-state index in [1.54, 1.807) is 6.20 Å². The number of nitrogens with zero attached hydrogens (tertiary/aromatic N) is 1. The molecule has 0 fully saturated rings. The van der Waals surface area contributed by atoms with Gasteiger partial charge in [-0.3, -0.25) is 9.78 Å². The number of fused-ring (bicyclic) bond motifs is 1. The van der Waals surface area contributed by atoms with Crippen molar-refractivity contribution in [2.75, 3.05) is 7.11 Å². The van der Waals surface area contributed by atoms with Gasteiger partial charge in [-0.2, -0.15) is 0 Å². The van der Waals surface area contributed by atoms with E-state index in [1.165, 1.54) is 7.11 Å². The normalized spacial score (nSPS) is 23.6. The second kappa shape index (κ2) is 3.62. The second-order valence-electron chi connectivity index (χ2n) is 3.91. The van der Waals surface area contributed by atoms with E-state index in [0.717, 1.165) is 24.1 Å². The molecule has 0 saturated carbocycles. The van der Waals surface area contributed by atoms with Crippen LogP contribution >= 0.6 is 0 Å². The standard InChI is InChI=1S/C11H14N2O2/c1-15-10(14)7-11(12)5-4-9-8(11)3-2-6-13-9/h2-3,6H,4-5,7,12H2,1H3/t11-/m0/s1. The number of rotatable bonds is 2. The maximum absolute atomic E-state index is 11.3. The molecule has 0 spiro atoms. The van der Waals surface area contributed by atoms with E-state index in [-0.39, 0.29) is 12.4 Å². The minimum Gasteiger partial charge on any atom is -0.469 e. The molecule has 1 aromatic rings. The number of hydrogen-bond donors (Lipinski definition) is 1. The fraction of sp³-hybridized carbons (Fsp3) is 0.455. The van der Waals surface area contributed by atoms with E-state index in [2.05, 4.69) is 9.72 Å². The Morgan fingerprint density at radius 1 is 1.73 bits per heavy atom. The van der Waals surface area contributed by atoms with Crippen LogP contribution in [0.25, 0.3) is 0 Å². The fourth-order valence-corrected chi connectivity index (χ4v) is 2.08. The van der Waals surface area contributed by atoms with Gasteiger partial charge in [0.15, 0.2) is 0 Å². The lowest BCUT2D eigenvalue weighted by molar-refractivity contribution is -0.142. The van der Waals surface area contributed by atoms with Gasteiger partial charge in [0.2, 0.25) is 0 Å². The van der Waals surface area contributed by atoms with Crippen molar-refractivity contribution in [1.29, 1.82) is 0 Å². The molecule has 0 radical (unpaired) electrons. The van der Waals surface area contributed by atoms with Crippen LogP contribution in [0, 0.1) is 0 Å². The third kappa shape index (κ3) is 1.72. The summed E-state index contributed by atoms with van der Waals surface area (Å²) in [6, 6.07) is 3.79. The average molecular weight is 206 g/mol. The SMILES string of the molecule is COC(=O)C[C@@]1(N)CCc2ncccc21. The highest BCUT2D eigenvalue weighted by molar-refractivity contribution is 5.71. The molecular weight excluding hydrogens is 192 g/mol. The van der Waals surface area contributed by atoms with E-state index in [9.17, 15) is 4.79 Å². The van der Waals surface area contributed by atoms with E-state index in [4.69, 9.17) is 5.73 Å². The van der Waals surface area contributed by atoms with Gasteiger partial charge in [0.25, 0.3) is 0 Å². The molecular formula is C11H14N2O2. The van der Waals surface area contributed by atoms with Crippen LogP contribution in [0.1, 0.15) is 24.1 Å². The summed E-state index contributed by atoms with van der Waals surface area (Å²) in [5, 5.41) is 0. The first-order valence-electron chi connectivity index (χ1n) is 4.96. The number of ether oxygens (including phenoxy) is 1. The minimum absolute atomic E-state index is 0.224. The van der Waals surface area contributed by atoms with Gasteiger partial charge in [-0.1, -0.05) is 6.07 Å². The number of carbonyl (C=O) groups is 1. The van der Waals surface area contributed by atoms with Crippen LogP contribution in [0.2, 0.25) is 0 Å². The van der Waals surface area contributed by atoms with E-state index >= 15 is 0 Å². The molecule has 2 N–H and O–H groups in total. The summed E-state index contributed by atoms with van der Waals surface area (Å²) in [7, 11) is 1.38. The number of carbonyl (C=O) groups excluding carboxylic acids is 1. The smallest absolute Gasteiger partial charge is 0.307 e. The molecule has 0 unspecified atom stereocenters. The monoisotopic (exact) mass is 206 g/mol. The Bertz CT molecular complexity index is 392. The van der Waals surface area contributed by atoms with E-state index in [1.807, 2.05) is 12.1 Å². The molecule has 80 valence electrons. The van der Waals surface area contributed by atoms with Crippen LogP contribution in [-0.2, 0) is 21.5 Å². The summed E-state index contributed by atoms with van der Waals surface area (Å²) in [4.78, 5) is 15.5. The van der Waals surface area contributed by atoms with Crippen molar-refractivity contribution < 1.29 is 9.53 Å². The minimum atomic E-state index is -0.587. The van der Waals surface area contributed by atoms with Crippen LogP contribution in [0.5, 0.6) is 0 Å². The number of hydrogen-bond acceptors (Lipinski definition) is 4. The Morgan fingerprint density at radius 3 is 3.27 bits per heavy atom. The lowest BCUT2D eigenvalue weighted by Gasteiger charge is -2.23. The van der Waals surface area contributed by atoms with Gasteiger partial charge in [-0.15, -0.1) is 0 Å². The molecule has 0 amide bonds. The van der Waals surface area contributed by atoms with Gasteiger partial charge in [0, 0.05) is 11.9 Å². The lowest BCUT2D eigenvalue weighted by Crippen LogP contribution is -2.37. The largest absolute Gasteiger partial charge is 0.469 e. The number of esters is 1. The molecule has 0 aliphatic heterocycles. The molecule has 1 heterocycles. The Morgan fingerprint density at radius 2 is 2.53 bits per heavy atom. The molecule has 1 aromatic heterocycles. The van der Waals surface area contributed by atoms with Crippen molar-refractivity contribution in [3.8, 4) is 0 Å². The molecule has 0 bridgehead atoms. The third-order valence-electron chi connectivity index (χ3n) is 2.92. The van der Waals surface area contributed by atoms with Gasteiger partial charge >= 0.3 is 5.97 Å². The van der Waals surface area contributed by atoms with Crippen molar-refractivity contribution in [2.45, 2.75) is 24.8 Å². The summed E-state index contributed by atoms with van der Waals surface area (Å²) in [6.45, 7) is 0. The number of aryl methyl sites for hydroxylation is 1. The predicted octanol–water partition coefficient (Wildman–Crippen LogP) is 0.745. The molecule has 2 rings (SSSR count). The zero-order valence-electron chi connectivity index (χ0n) is 8.69. The highest BCUT2D eigenvalue weighted by Gasteiger charge is 2.37. The lowest BCUT2D eigenvalue weighted by atomic mass is 9.90. The van der Waals surface area contributed by atoms with Crippen LogP contribution in [0.15, 0.2) is 18.3 Å². The maximum Gasteiger partial charge on any atom is 0.307 e. The van der Waals surface area contributed by atoms with Crippen molar-refractivity contribution in [3.63, 3.8) is 0 Å². The predicted molar refractivity (Wildman–Crippen MR) is 55.1 cm³/mol. The fourth-order valence-electron chi connectivity index (χ4n) is 2.08. The van der Waals surface area contributed by atoms with Crippen molar-refractivity contribution in [1.82, 2.24) is 4.98 Å². The van der Waals surface area contributed by atoms with Gasteiger partial charge in [-0.25, -0.2) is 0 Å². The van der Waals surface area contributed by atoms with Crippen LogP contribution in [0.4, 0.5) is 0 Å². The Labute approximate surface area is 88.4 Å². The Hall–Kier alpha value is -1.42. The Balaban J connectivity index is 2.28. The Kier molecular flexibility index (Phi) is 2.44. The zero-order chi connectivity index (χ0) is 10.9. The molecule has 0 saturated heterocycles. The molecule has 1 aliphatic rings. The van der Waals surface area contributed by atoms with Crippen molar-refractivity contribution in [3.05, 3.63) is 29.6 Å². The van der Waals surface area contributed by atoms with Crippen molar-refractivity contribution >= 4 is 5.97 Å². The molecule has 0 aromatic carbocycles. The van der Waals surface area contributed by atoms with Gasteiger partial charge < -0.3 is 10.5 Å². The summed E-state index contributed by atoms with van der Waals surface area (Å²) in [6.07, 6.45) is 3.57. The zero-order valence-corrected chi connectivity index (χ0v) is 8.69. The maximum atomic E-state index is 11.3. The number of methoxy groups -OCH3 is 1. The first-order valence-corrected chi connectivity index (χ1v) is 4.96. The highest BCUT2D eigenvalue weighted by atomic mass is 16.5. The third-order valence-corrected chi connectivity index (χ3v) is 2.92. The van der Waals surface area contributed by atoms with Crippen LogP contribution in [0.3, 0.4) is 0 Å². The summed E-state index contributed by atoms with van der Waals surface area (Å²) < 4.78 is 4.65. The quantitative estimate of drug-likeness (QED) is 0.725. The highest BCUT2D eigenvalue weighted by Crippen LogP contribution is 2.36. The average Bonchev–Trinajstić information content (AvgIpc) is 2.57. The number of pyridine rings is 1. The number of aromatic nitrogens is 1. The van der Waals surface area contributed by atoms with Crippen molar-refractivity contribution in [2.24, 2.45) is 5.73 Å². The van der Waals surface area contributed by atoms with E-state index in [0.29, 0.717) is 0 Å². The van der Waals surface area contributed by atoms with Crippen LogP contribution < -0.4 is 5.73 Å². The molecule has 15 heavy (non-hydrogen) atoms.